The molecule has 0 N–H and O–H groups in total. The topological polar surface area (TPSA) is 23.1 Å². The number of unbranched alkanes of at least 4 members (excludes halogenated alkanes) is 4. The van der Waals surface area contributed by atoms with E-state index < -0.39 is 16.1 Å². The average molecular weight is 335 g/mol. The lowest BCUT2D eigenvalue weighted by Crippen LogP contribution is -2.77. The lowest BCUT2D eigenvalue weighted by molar-refractivity contribution is -0.196. The van der Waals surface area contributed by atoms with Crippen LogP contribution in [0.3, 0.4) is 0 Å². The van der Waals surface area contributed by atoms with Gasteiger partial charge in [-0.25, -0.2) is 0 Å². The zero-order valence-electron chi connectivity index (χ0n) is 15.8. The molecule has 0 heterocycles. The molecule has 3 heteroatoms. The van der Waals surface area contributed by atoms with Gasteiger partial charge in [0.25, 0.3) is 0 Å². The molecule has 0 bridgehead atoms. The molecule has 21 heavy (non-hydrogen) atoms. The highest BCUT2D eigenvalue weighted by Gasteiger charge is 2.51. The van der Waals surface area contributed by atoms with Crippen molar-refractivity contribution >= 4 is 16.1 Å². The first-order valence-corrected chi connectivity index (χ1v) is 15.7. The molecule has 0 spiro atoms. The summed E-state index contributed by atoms with van der Waals surface area (Å²) in [5.41, 5.74) is 0. The van der Waals surface area contributed by atoms with Crippen LogP contribution in [0.15, 0.2) is 0 Å². The maximum absolute atomic E-state index is 13.7. The Morgan fingerprint density at radius 2 is 0.857 bits per heavy atom. The minimum absolute atomic E-state index is 1.25. The van der Waals surface area contributed by atoms with Crippen molar-refractivity contribution in [3.63, 3.8) is 0 Å². The van der Waals surface area contributed by atoms with Crippen molar-refractivity contribution in [1.82, 2.24) is 0 Å². The summed E-state index contributed by atoms with van der Waals surface area (Å²) in [5.74, 6) is 5.21. The Labute approximate surface area is 136 Å². The van der Waals surface area contributed by atoms with Crippen LogP contribution in [0.5, 0.6) is 0 Å². The average Bonchev–Trinajstić information content (AvgIpc) is 2.45. The van der Waals surface area contributed by atoms with Gasteiger partial charge in [0.1, 0.15) is 7.47 Å². The summed E-state index contributed by atoms with van der Waals surface area (Å²) in [7, 11) is -4.11. The molecule has 0 aliphatic heterocycles. The van der Waals surface area contributed by atoms with E-state index in [9.17, 15) is 4.80 Å². The normalized spacial score (nSPS) is 14.9. The van der Waals surface area contributed by atoms with Crippen LogP contribution in [0.2, 0.25) is 13.1 Å². The Balaban J connectivity index is 5.70. The third kappa shape index (κ3) is 5.28. The molecule has 130 valence electrons. The van der Waals surface area contributed by atoms with Crippen molar-refractivity contribution in [3.05, 3.63) is 0 Å². The van der Waals surface area contributed by atoms with Crippen LogP contribution in [0.25, 0.3) is 0 Å². The zero-order chi connectivity index (χ0) is 16.4. The monoisotopic (exact) mass is 334 g/mol. The third-order valence-electron chi connectivity index (χ3n) is 5.52. The Kier molecular flexibility index (Phi) is 9.86. The molecule has 0 saturated carbocycles. The van der Waals surface area contributed by atoms with Gasteiger partial charge in [0, 0.05) is 23.0 Å². The highest BCUT2D eigenvalue weighted by Crippen LogP contribution is 2.48. The molecular weight excluding hydrogens is 292 g/mol. The molecule has 0 amide bonds. The second-order valence-corrected chi connectivity index (χ2v) is 21.9. The fourth-order valence-corrected chi connectivity index (χ4v) is 18.7. The number of rotatable bonds is 13. The summed E-state index contributed by atoms with van der Waals surface area (Å²) in [6.07, 6.45) is 10.2. The van der Waals surface area contributed by atoms with Crippen LogP contribution in [0.4, 0.5) is 0 Å². The van der Waals surface area contributed by atoms with E-state index in [1.165, 1.54) is 74.4 Å². The van der Waals surface area contributed by atoms with Crippen molar-refractivity contribution in [1.29, 1.82) is 0 Å². The quantitative estimate of drug-likeness (QED) is 0.345. The van der Waals surface area contributed by atoms with E-state index in [1.54, 1.807) is 0 Å². The second-order valence-electron chi connectivity index (χ2n) is 7.43. The van der Waals surface area contributed by atoms with E-state index in [1.807, 2.05) is 0 Å². The first-order chi connectivity index (χ1) is 9.82. The molecule has 0 aromatic carbocycles. The summed E-state index contributed by atoms with van der Waals surface area (Å²) in [6.45, 7) is 13.5. The van der Waals surface area contributed by atoms with Crippen molar-refractivity contribution in [2.75, 3.05) is 23.0 Å². The van der Waals surface area contributed by atoms with Crippen LogP contribution in [0, 0.1) is 0 Å². The molecular formula is C18H42OSSi. The molecule has 0 atom stereocenters. The van der Waals surface area contributed by atoms with Crippen molar-refractivity contribution in [3.8, 4) is 0 Å². The summed E-state index contributed by atoms with van der Waals surface area (Å²) in [4.78, 5) is 13.7. The van der Waals surface area contributed by atoms with Gasteiger partial charge in [-0.2, -0.15) is 0 Å². The highest BCUT2D eigenvalue weighted by molar-refractivity contribution is 8.52. The summed E-state index contributed by atoms with van der Waals surface area (Å²) in [6, 6.07) is 0. The van der Waals surface area contributed by atoms with E-state index in [2.05, 4.69) is 40.8 Å². The van der Waals surface area contributed by atoms with Crippen LogP contribution in [-0.2, 0) is 8.61 Å². The highest BCUT2D eigenvalue weighted by atomic mass is 32.5. The number of hydrogen-bond acceptors (Lipinski definition) is 1. The summed E-state index contributed by atoms with van der Waals surface area (Å²) < 4.78 is 0. The Hall–Kier alpha value is 0.527. The first kappa shape index (κ1) is 21.5. The molecule has 0 saturated heterocycles. The fourth-order valence-electron chi connectivity index (χ4n) is 3.69. The molecule has 0 rings (SSSR count). The standard InChI is InChI=1S/C18H42OSSi/c1-7-11-15-20(16-12-8-2,17-13-9-3,18-14-10-4)21(5,6)19/h7-18H2,1-6H3. The van der Waals surface area contributed by atoms with Crippen LogP contribution >= 0.6 is 0 Å². The Morgan fingerprint density at radius 1 is 0.619 bits per heavy atom. The van der Waals surface area contributed by atoms with Crippen LogP contribution < -0.4 is 4.80 Å². The zero-order valence-corrected chi connectivity index (χ0v) is 17.6. The third-order valence-corrected chi connectivity index (χ3v) is 24.5. The van der Waals surface area contributed by atoms with Crippen LogP contribution in [0.1, 0.15) is 79.1 Å². The van der Waals surface area contributed by atoms with Gasteiger partial charge in [-0.05, 0) is 38.8 Å². The lowest BCUT2D eigenvalue weighted by atomic mass is 10.4. The van der Waals surface area contributed by atoms with E-state index in [0.29, 0.717) is 0 Å². The van der Waals surface area contributed by atoms with Crippen molar-refractivity contribution in [2.45, 2.75) is 92.2 Å². The molecule has 0 aliphatic rings. The number of hydrogen-bond donors (Lipinski definition) is 0. The summed E-state index contributed by atoms with van der Waals surface area (Å²) in [5, 5.41) is 0. The molecule has 1 nitrogen and oxygen atoms in total. The van der Waals surface area contributed by atoms with Gasteiger partial charge >= 0.3 is 0 Å². The maximum atomic E-state index is 13.7. The van der Waals surface area contributed by atoms with Gasteiger partial charge in [-0.3, -0.25) is 8.61 Å². The van der Waals surface area contributed by atoms with E-state index in [4.69, 9.17) is 0 Å². The minimum Gasteiger partial charge on any atom is -0.822 e. The van der Waals surface area contributed by atoms with Crippen LogP contribution in [-0.4, -0.2) is 30.5 Å². The minimum atomic E-state index is -2.38. The molecule has 0 aromatic rings. The van der Waals surface area contributed by atoms with E-state index in [0.717, 1.165) is 0 Å². The first-order valence-electron chi connectivity index (χ1n) is 9.39. The van der Waals surface area contributed by atoms with Crippen molar-refractivity contribution < 1.29 is 4.80 Å². The molecule has 0 aliphatic carbocycles. The van der Waals surface area contributed by atoms with Gasteiger partial charge < -0.3 is 4.80 Å². The Bertz CT molecular complexity index is 229. The summed E-state index contributed by atoms with van der Waals surface area (Å²) >= 11 is 0. The lowest BCUT2D eigenvalue weighted by Gasteiger charge is -2.69. The van der Waals surface area contributed by atoms with Gasteiger partial charge in [0.2, 0.25) is 0 Å². The van der Waals surface area contributed by atoms with Gasteiger partial charge in [-0.1, -0.05) is 53.4 Å². The van der Waals surface area contributed by atoms with E-state index >= 15 is 0 Å². The van der Waals surface area contributed by atoms with Gasteiger partial charge in [0.15, 0.2) is 0 Å². The largest absolute Gasteiger partial charge is 0.822 e. The van der Waals surface area contributed by atoms with E-state index in [-0.39, 0.29) is 0 Å². The molecule has 0 aromatic heterocycles. The SMILES string of the molecule is CCCC[S+](CCCC)(CCCC)(CCCC)[Si](C)(C)[O-]. The molecule has 0 fully saturated rings. The predicted octanol–water partition coefficient (Wildman–Crippen LogP) is 4.94. The van der Waals surface area contributed by atoms with Gasteiger partial charge in [0.05, 0.1) is 0 Å². The van der Waals surface area contributed by atoms with Crippen molar-refractivity contribution in [2.24, 2.45) is 0 Å². The fraction of sp³-hybridized carbons (Fsp3) is 1.00. The maximum Gasteiger partial charge on any atom is 0.132 e. The van der Waals surface area contributed by atoms with Gasteiger partial charge in [-0.15, -0.1) is 0 Å². The second kappa shape index (κ2) is 9.62. The molecule has 0 unspecified atom stereocenters. The predicted molar refractivity (Wildman–Crippen MR) is 104 cm³/mol. The Morgan fingerprint density at radius 3 is 1.00 bits per heavy atom. The molecule has 0 radical (unpaired) electrons. The smallest absolute Gasteiger partial charge is 0.132 e.